The van der Waals surface area contributed by atoms with E-state index in [4.69, 9.17) is 5.73 Å². The monoisotopic (exact) mass is 283 g/mol. The molecular formula is C13H21N3O2S. The highest BCUT2D eigenvalue weighted by molar-refractivity contribution is 7.84. The molecule has 3 atom stereocenters. The highest BCUT2D eigenvalue weighted by Gasteiger charge is 2.09. The molecule has 0 spiro atoms. The summed E-state index contributed by atoms with van der Waals surface area (Å²) in [5.74, 6) is 0.438. The summed E-state index contributed by atoms with van der Waals surface area (Å²) in [5.41, 5.74) is 7.44. The molecule has 0 saturated heterocycles. The number of anilines is 1. The molecule has 1 rings (SSSR count). The van der Waals surface area contributed by atoms with Gasteiger partial charge in [-0.2, -0.15) is 0 Å². The second-order valence-electron chi connectivity index (χ2n) is 4.65. The van der Waals surface area contributed by atoms with Crippen molar-refractivity contribution < 1.29 is 9.00 Å². The van der Waals surface area contributed by atoms with Gasteiger partial charge in [0.1, 0.15) is 0 Å². The predicted molar refractivity (Wildman–Crippen MR) is 79.6 cm³/mol. The van der Waals surface area contributed by atoms with Crippen molar-refractivity contribution in [3.8, 4) is 0 Å². The summed E-state index contributed by atoms with van der Waals surface area (Å²) < 4.78 is 11.0. The second-order valence-corrected chi connectivity index (χ2v) is 6.13. The number of nitrogens with one attached hydrogen (secondary N) is 2. The van der Waals surface area contributed by atoms with Crippen molar-refractivity contribution >= 4 is 22.5 Å². The molecule has 0 aliphatic heterocycles. The van der Waals surface area contributed by atoms with Crippen LogP contribution in [-0.4, -0.2) is 28.3 Å². The van der Waals surface area contributed by atoms with E-state index in [0.717, 1.165) is 5.56 Å². The van der Waals surface area contributed by atoms with Crippen molar-refractivity contribution in [1.82, 2.24) is 5.32 Å². The number of rotatable bonds is 5. The van der Waals surface area contributed by atoms with Crippen LogP contribution in [0.1, 0.15) is 25.5 Å². The molecule has 0 aliphatic rings. The lowest BCUT2D eigenvalue weighted by Crippen LogP contribution is -2.39. The molecule has 0 fully saturated rings. The lowest BCUT2D eigenvalue weighted by atomic mass is 10.1. The van der Waals surface area contributed by atoms with Crippen LogP contribution in [0.5, 0.6) is 0 Å². The highest BCUT2D eigenvalue weighted by Crippen LogP contribution is 2.15. The molecule has 1 aromatic rings. The zero-order valence-corrected chi connectivity index (χ0v) is 12.3. The van der Waals surface area contributed by atoms with Crippen molar-refractivity contribution in [2.24, 2.45) is 5.73 Å². The number of amides is 2. The SMILES string of the molecule is CC(CS(C)=O)NC(=O)Nc1cccc(C(C)N)c1. The van der Waals surface area contributed by atoms with E-state index < -0.39 is 10.8 Å². The molecule has 1 aromatic carbocycles. The van der Waals surface area contributed by atoms with Crippen LogP contribution < -0.4 is 16.4 Å². The van der Waals surface area contributed by atoms with E-state index in [1.165, 1.54) is 0 Å². The van der Waals surface area contributed by atoms with E-state index in [1.807, 2.05) is 32.0 Å². The Balaban J connectivity index is 2.57. The van der Waals surface area contributed by atoms with Crippen molar-refractivity contribution in [1.29, 1.82) is 0 Å². The average Bonchev–Trinajstić information content (AvgIpc) is 2.27. The summed E-state index contributed by atoms with van der Waals surface area (Å²) >= 11 is 0. The Bertz CT molecular complexity index is 463. The van der Waals surface area contributed by atoms with Crippen LogP contribution in [0.2, 0.25) is 0 Å². The third-order valence-corrected chi connectivity index (χ3v) is 3.50. The van der Waals surface area contributed by atoms with Gasteiger partial charge in [0.05, 0.1) is 0 Å². The van der Waals surface area contributed by atoms with Gasteiger partial charge in [-0.25, -0.2) is 4.79 Å². The van der Waals surface area contributed by atoms with Gasteiger partial charge in [-0.05, 0) is 31.5 Å². The van der Waals surface area contributed by atoms with Crippen molar-refractivity contribution in [3.05, 3.63) is 29.8 Å². The molecule has 0 bridgehead atoms. The zero-order chi connectivity index (χ0) is 14.4. The van der Waals surface area contributed by atoms with Crippen LogP contribution in [0.3, 0.4) is 0 Å². The fourth-order valence-electron chi connectivity index (χ4n) is 1.68. The maximum atomic E-state index is 11.7. The summed E-state index contributed by atoms with van der Waals surface area (Å²) in [4.78, 5) is 11.7. The molecule has 0 aliphatic carbocycles. The molecule has 4 N–H and O–H groups in total. The van der Waals surface area contributed by atoms with E-state index in [9.17, 15) is 9.00 Å². The average molecular weight is 283 g/mol. The third kappa shape index (κ3) is 5.85. The highest BCUT2D eigenvalue weighted by atomic mass is 32.2. The first-order chi connectivity index (χ1) is 8.88. The Labute approximate surface area is 116 Å². The van der Waals surface area contributed by atoms with Gasteiger partial charge in [0.25, 0.3) is 0 Å². The smallest absolute Gasteiger partial charge is 0.319 e. The Morgan fingerprint density at radius 3 is 2.68 bits per heavy atom. The first-order valence-corrected chi connectivity index (χ1v) is 7.84. The van der Waals surface area contributed by atoms with Gasteiger partial charge >= 0.3 is 6.03 Å². The van der Waals surface area contributed by atoms with Gasteiger partial charge in [0.2, 0.25) is 0 Å². The Kier molecular flexibility index (Phi) is 5.98. The summed E-state index contributed by atoms with van der Waals surface area (Å²) in [6.07, 6.45) is 1.61. The fraction of sp³-hybridized carbons (Fsp3) is 0.462. The molecule has 19 heavy (non-hydrogen) atoms. The van der Waals surface area contributed by atoms with E-state index in [2.05, 4.69) is 10.6 Å². The first-order valence-electron chi connectivity index (χ1n) is 6.11. The van der Waals surface area contributed by atoms with Crippen molar-refractivity contribution in [3.63, 3.8) is 0 Å². The molecule has 0 heterocycles. The van der Waals surface area contributed by atoms with Crippen molar-refractivity contribution in [2.75, 3.05) is 17.3 Å². The molecule has 106 valence electrons. The standard InChI is InChI=1S/C13H21N3O2S/c1-9(8-19(3)18)15-13(17)16-12-6-4-5-11(7-12)10(2)14/h4-7,9-10H,8,14H2,1-3H3,(H2,15,16,17). The van der Waals surface area contributed by atoms with Gasteiger partial charge in [-0.3, -0.25) is 4.21 Å². The van der Waals surface area contributed by atoms with Crippen LogP contribution in [0, 0.1) is 0 Å². The minimum absolute atomic E-state index is 0.0775. The van der Waals surface area contributed by atoms with Gasteiger partial charge in [0.15, 0.2) is 0 Å². The first kappa shape index (κ1) is 15.7. The van der Waals surface area contributed by atoms with Gasteiger partial charge < -0.3 is 16.4 Å². The van der Waals surface area contributed by atoms with Crippen LogP contribution >= 0.6 is 0 Å². The number of nitrogens with two attached hydrogens (primary N) is 1. The molecular weight excluding hydrogens is 262 g/mol. The molecule has 6 heteroatoms. The van der Waals surface area contributed by atoms with Crippen LogP contribution in [0.25, 0.3) is 0 Å². The molecule has 0 aromatic heterocycles. The zero-order valence-electron chi connectivity index (χ0n) is 11.5. The number of hydrogen-bond donors (Lipinski definition) is 3. The quantitative estimate of drug-likeness (QED) is 0.767. The Morgan fingerprint density at radius 2 is 2.11 bits per heavy atom. The summed E-state index contributed by atoms with van der Waals surface area (Å²) in [6.45, 7) is 3.71. The topological polar surface area (TPSA) is 84.2 Å². The number of carbonyl (C=O) groups is 1. The van der Waals surface area contributed by atoms with Gasteiger partial charge in [-0.1, -0.05) is 12.1 Å². The van der Waals surface area contributed by atoms with E-state index in [1.54, 1.807) is 12.3 Å². The van der Waals surface area contributed by atoms with Gasteiger partial charge in [0, 0.05) is 40.6 Å². The largest absolute Gasteiger partial charge is 0.334 e. The molecule has 2 amide bonds. The summed E-state index contributed by atoms with van der Waals surface area (Å²) in [5, 5.41) is 5.47. The van der Waals surface area contributed by atoms with Crippen LogP contribution in [0.4, 0.5) is 10.5 Å². The van der Waals surface area contributed by atoms with E-state index >= 15 is 0 Å². The molecule has 0 radical (unpaired) electrons. The number of urea groups is 1. The van der Waals surface area contributed by atoms with Crippen LogP contribution in [-0.2, 0) is 10.8 Å². The number of carbonyl (C=O) groups excluding carboxylic acids is 1. The minimum Gasteiger partial charge on any atom is -0.334 e. The number of hydrogen-bond acceptors (Lipinski definition) is 3. The van der Waals surface area contributed by atoms with Crippen LogP contribution in [0.15, 0.2) is 24.3 Å². The molecule has 0 saturated carbocycles. The summed E-state index contributed by atoms with van der Waals surface area (Å²) in [6, 6.07) is 6.88. The maximum absolute atomic E-state index is 11.7. The summed E-state index contributed by atoms with van der Waals surface area (Å²) in [7, 11) is -0.927. The molecule has 5 nitrogen and oxygen atoms in total. The van der Waals surface area contributed by atoms with E-state index in [-0.39, 0.29) is 18.1 Å². The minimum atomic E-state index is -0.927. The number of benzene rings is 1. The fourth-order valence-corrected chi connectivity index (χ4v) is 2.47. The second kappa shape index (κ2) is 7.25. The predicted octanol–water partition coefficient (Wildman–Crippen LogP) is 1.59. The Morgan fingerprint density at radius 1 is 1.42 bits per heavy atom. The third-order valence-electron chi connectivity index (χ3n) is 2.53. The lowest BCUT2D eigenvalue weighted by molar-refractivity contribution is 0.250. The van der Waals surface area contributed by atoms with E-state index in [0.29, 0.717) is 11.4 Å². The molecule has 3 unspecified atom stereocenters. The maximum Gasteiger partial charge on any atom is 0.319 e. The normalized spacial score (nSPS) is 15.4. The van der Waals surface area contributed by atoms with Crippen molar-refractivity contribution in [2.45, 2.75) is 25.9 Å². The lowest BCUT2D eigenvalue weighted by Gasteiger charge is -2.14. The van der Waals surface area contributed by atoms with Gasteiger partial charge in [-0.15, -0.1) is 0 Å². The Hall–Kier alpha value is -1.40.